The summed E-state index contributed by atoms with van der Waals surface area (Å²) in [4.78, 5) is 0. The molecule has 1 aliphatic rings. The van der Waals surface area contributed by atoms with Crippen LogP contribution in [0.5, 0.6) is 0 Å². The molecule has 1 heterocycles. The van der Waals surface area contributed by atoms with E-state index in [1.165, 1.54) is 24.2 Å². The van der Waals surface area contributed by atoms with Crippen molar-refractivity contribution in [2.45, 2.75) is 25.7 Å². The summed E-state index contributed by atoms with van der Waals surface area (Å²) in [6.45, 7) is 2.22. The molecule has 4 heteroatoms. The zero-order valence-electron chi connectivity index (χ0n) is 6.45. The summed E-state index contributed by atoms with van der Waals surface area (Å²) in [5.74, 6) is 1.53. The van der Waals surface area contributed by atoms with Gasteiger partial charge in [-0.1, -0.05) is 24.7 Å². The summed E-state index contributed by atoms with van der Waals surface area (Å²) in [7, 11) is 0. The van der Waals surface area contributed by atoms with E-state index in [-0.39, 0.29) is 0 Å². The smallest absolute Gasteiger partial charge is 0.203 e. The Labute approximate surface area is 69.6 Å². The molecule has 1 aromatic rings. The second-order valence-corrected chi connectivity index (χ2v) is 4.03. The summed E-state index contributed by atoms with van der Waals surface area (Å²) < 4.78 is 0. The van der Waals surface area contributed by atoms with E-state index in [0.29, 0.717) is 11.0 Å². The molecule has 1 fully saturated rings. The van der Waals surface area contributed by atoms with E-state index in [9.17, 15) is 0 Å². The van der Waals surface area contributed by atoms with Gasteiger partial charge in [-0.25, -0.2) is 0 Å². The Morgan fingerprint density at radius 3 is 2.91 bits per heavy atom. The highest BCUT2D eigenvalue weighted by Crippen LogP contribution is 2.50. The van der Waals surface area contributed by atoms with Gasteiger partial charge in [-0.2, -0.15) is 0 Å². The number of nitrogens with zero attached hydrogens (tertiary/aromatic N) is 2. The van der Waals surface area contributed by atoms with Crippen molar-refractivity contribution in [3.63, 3.8) is 0 Å². The van der Waals surface area contributed by atoms with Crippen LogP contribution >= 0.6 is 11.3 Å². The van der Waals surface area contributed by atoms with Crippen molar-refractivity contribution in [3.8, 4) is 0 Å². The highest BCUT2D eigenvalue weighted by Gasteiger charge is 2.39. The molecule has 1 aromatic heterocycles. The van der Waals surface area contributed by atoms with Gasteiger partial charge in [0.2, 0.25) is 5.13 Å². The molecule has 1 saturated carbocycles. The van der Waals surface area contributed by atoms with Gasteiger partial charge in [0.1, 0.15) is 5.01 Å². The van der Waals surface area contributed by atoms with Gasteiger partial charge in [0, 0.05) is 5.92 Å². The van der Waals surface area contributed by atoms with Crippen LogP contribution in [0.15, 0.2) is 0 Å². The van der Waals surface area contributed by atoms with Gasteiger partial charge in [0.05, 0.1) is 0 Å². The molecular formula is C7H11N3S. The fraction of sp³-hybridized carbons (Fsp3) is 0.714. The van der Waals surface area contributed by atoms with Gasteiger partial charge in [-0.15, -0.1) is 10.2 Å². The monoisotopic (exact) mass is 169 g/mol. The highest BCUT2D eigenvalue weighted by atomic mass is 32.1. The van der Waals surface area contributed by atoms with Gasteiger partial charge in [-0.3, -0.25) is 0 Å². The van der Waals surface area contributed by atoms with Crippen molar-refractivity contribution in [1.29, 1.82) is 0 Å². The number of nitrogen functional groups attached to an aromatic ring is 1. The first-order valence-corrected chi connectivity index (χ1v) is 4.71. The van der Waals surface area contributed by atoms with Crippen molar-refractivity contribution in [1.82, 2.24) is 10.2 Å². The van der Waals surface area contributed by atoms with Crippen molar-refractivity contribution < 1.29 is 0 Å². The molecule has 0 amide bonds. The van der Waals surface area contributed by atoms with Crippen molar-refractivity contribution in [2.75, 3.05) is 5.73 Å². The molecule has 0 unspecified atom stereocenters. The third kappa shape index (κ3) is 1.22. The molecule has 2 atom stereocenters. The van der Waals surface area contributed by atoms with Crippen molar-refractivity contribution in [2.24, 2.45) is 5.92 Å². The molecular weight excluding hydrogens is 158 g/mol. The largest absolute Gasteiger partial charge is 0.374 e. The zero-order chi connectivity index (χ0) is 7.84. The number of hydrogen-bond donors (Lipinski definition) is 1. The van der Waals surface area contributed by atoms with Crippen LogP contribution in [0.2, 0.25) is 0 Å². The summed E-state index contributed by atoms with van der Waals surface area (Å²) >= 11 is 1.53. The first-order chi connectivity index (χ1) is 5.31. The zero-order valence-corrected chi connectivity index (χ0v) is 7.27. The predicted molar refractivity (Wildman–Crippen MR) is 45.5 cm³/mol. The van der Waals surface area contributed by atoms with Gasteiger partial charge >= 0.3 is 0 Å². The first-order valence-electron chi connectivity index (χ1n) is 3.90. The maximum absolute atomic E-state index is 5.48. The molecule has 0 radical (unpaired) electrons. The number of anilines is 1. The second-order valence-electron chi connectivity index (χ2n) is 2.99. The van der Waals surface area contributed by atoms with Crippen LogP contribution in [0.25, 0.3) is 0 Å². The van der Waals surface area contributed by atoms with Crippen molar-refractivity contribution >= 4 is 16.5 Å². The Kier molecular flexibility index (Phi) is 1.56. The Morgan fingerprint density at radius 2 is 2.45 bits per heavy atom. The molecule has 3 nitrogen and oxygen atoms in total. The van der Waals surface area contributed by atoms with Gasteiger partial charge < -0.3 is 5.73 Å². The molecule has 60 valence electrons. The highest BCUT2D eigenvalue weighted by molar-refractivity contribution is 7.15. The van der Waals surface area contributed by atoms with E-state index < -0.39 is 0 Å². The number of rotatable bonds is 2. The fourth-order valence-electron chi connectivity index (χ4n) is 1.40. The van der Waals surface area contributed by atoms with Crippen LogP contribution in [0.1, 0.15) is 30.7 Å². The van der Waals surface area contributed by atoms with Crippen LogP contribution in [0.4, 0.5) is 5.13 Å². The lowest BCUT2D eigenvalue weighted by Gasteiger charge is -1.87. The Hall–Kier alpha value is -0.640. The number of hydrogen-bond acceptors (Lipinski definition) is 4. The van der Waals surface area contributed by atoms with E-state index in [4.69, 9.17) is 5.73 Å². The normalized spacial score (nSPS) is 28.8. The van der Waals surface area contributed by atoms with Crippen LogP contribution in [0, 0.1) is 5.92 Å². The van der Waals surface area contributed by atoms with E-state index in [0.717, 1.165) is 10.9 Å². The molecule has 0 aromatic carbocycles. The maximum Gasteiger partial charge on any atom is 0.203 e. The van der Waals surface area contributed by atoms with E-state index in [1.807, 2.05) is 0 Å². The molecule has 0 aliphatic heterocycles. The summed E-state index contributed by atoms with van der Waals surface area (Å²) in [6, 6.07) is 0. The molecule has 0 saturated heterocycles. The lowest BCUT2D eigenvalue weighted by atomic mass is 10.3. The van der Waals surface area contributed by atoms with Crippen LogP contribution < -0.4 is 5.73 Å². The number of aromatic nitrogens is 2. The minimum absolute atomic E-state index is 0.599. The van der Waals surface area contributed by atoms with Crippen molar-refractivity contribution in [3.05, 3.63) is 5.01 Å². The Bertz CT molecular complexity index is 258. The molecule has 0 spiro atoms. The SMILES string of the molecule is CC[C@@H]1C[C@H]1c1nnc(N)s1. The minimum Gasteiger partial charge on any atom is -0.374 e. The van der Waals surface area contributed by atoms with Gasteiger partial charge in [0.25, 0.3) is 0 Å². The summed E-state index contributed by atoms with van der Waals surface area (Å²) in [5, 5.41) is 9.54. The van der Waals surface area contributed by atoms with Crippen LogP contribution in [0.3, 0.4) is 0 Å². The summed E-state index contributed by atoms with van der Waals surface area (Å²) in [5.41, 5.74) is 5.48. The summed E-state index contributed by atoms with van der Waals surface area (Å²) in [6.07, 6.45) is 2.54. The fourth-order valence-corrected chi connectivity index (χ4v) is 2.22. The van der Waals surface area contributed by atoms with E-state index in [2.05, 4.69) is 17.1 Å². The molecule has 1 aliphatic carbocycles. The Morgan fingerprint density at radius 1 is 1.64 bits per heavy atom. The third-order valence-electron chi connectivity index (χ3n) is 2.22. The third-order valence-corrected chi connectivity index (χ3v) is 3.10. The number of nitrogens with two attached hydrogens (primary N) is 1. The van der Waals surface area contributed by atoms with Gasteiger partial charge in [0.15, 0.2) is 0 Å². The molecule has 2 N–H and O–H groups in total. The van der Waals surface area contributed by atoms with E-state index in [1.54, 1.807) is 0 Å². The lowest BCUT2D eigenvalue weighted by molar-refractivity contribution is 0.759. The second kappa shape index (κ2) is 2.44. The molecule has 11 heavy (non-hydrogen) atoms. The standard InChI is InChI=1S/C7H11N3S/c1-2-4-3-5(4)6-9-10-7(8)11-6/h4-5H,2-3H2,1H3,(H2,8,10)/t4-,5-/m1/s1. The van der Waals surface area contributed by atoms with E-state index >= 15 is 0 Å². The topological polar surface area (TPSA) is 51.8 Å². The average molecular weight is 169 g/mol. The quantitative estimate of drug-likeness (QED) is 0.732. The lowest BCUT2D eigenvalue weighted by Crippen LogP contribution is -1.81. The molecule has 2 rings (SSSR count). The average Bonchev–Trinajstić information content (AvgIpc) is 2.68. The minimum atomic E-state index is 0.599. The maximum atomic E-state index is 5.48. The van der Waals surface area contributed by atoms with Crippen LogP contribution in [-0.2, 0) is 0 Å². The molecule has 0 bridgehead atoms. The van der Waals surface area contributed by atoms with Crippen LogP contribution in [-0.4, -0.2) is 10.2 Å². The predicted octanol–water partition coefficient (Wildman–Crippen LogP) is 1.63. The Balaban J connectivity index is 2.08. The first kappa shape index (κ1) is 7.03. The van der Waals surface area contributed by atoms with Gasteiger partial charge in [-0.05, 0) is 12.3 Å².